The van der Waals surface area contributed by atoms with Gasteiger partial charge in [0.25, 0.3) is 0 Å². The molecule has 0 spiro atoms. The van der Waals surface area contributed by atoms with Gasteiger partial charge in [0.2, 0.25) is 0 Å². The molecule has 108 valence electrons. The molecule has 3 aromatic rings. The summed E-state index contributed by atoms with van der Waals surface area (Å²) in [7, 11) is 1.87. The maximum atomic E-state index is 13.3. The van der Waals surface area contributed by atoms with Gasteiger partial charge >= 0.3 is 0 Å². The molecule has 1 unspecified atom stereocenters. The minimum absolute atomic E-state index is 0.0158. The van der Waals surface area contributed by atoms with Gasteiger partial charge in [-0.15, -0.1) is 0 Å². The Kier molecular flexibility index (Phi) is 3.95. The Labute approximate surface area is 127 Å². The first-order chi connectivity index (χ1) is 10.2. The lowest BCUT2D eigenvalue weighted by molar-refractivity contribution is 0.450. The monoisotopic (exact) mass is 303 g/mol. The standard InChI is InChI=1S/C17H15ClFNO/c1-20-15(8-11-3-2-4-14(19)7-11)17-10-12-9-13(18)5-6-16(12)21-17/h2-7,9-10,15,20H,8H2,1H3. The van der Waals surface area contributed by atoms with E-state index in [0.29, 0.717) is 11.4 Å². The predicted octanol–water partition coefficient (Wildman–Crippen LogP) is 4.73. The van der Waals surface area contributed by atoms with Crippen LogP contribution in [0.3, 0.4) is 0 Å². The lowest BCUT2D eigenvalue weighted by atomic mass is 10.0. The zero-order chi connectivity index (χ0) is 14.8. The van der Waals surface area contributed by atoms with Gasteiger partial charge in [0.15, 0.2) is 0 Å². The van der Waals surface area contributed by atoms with E-state index in [4.69, 9.17) is 16.0 Å². The molecule has 2 aromatic carbocycles. The van der Waals surface area contributed by atoms with E-state index in [-0.39, 0.29) is 11.9 Å². The summed E-state index contributed by atoms with van der Waals surface area (Å²) in [5.74, 6) is 0.595. The number of halogens is 2. The van der Waals surface area contributed by atoms with E-state index in [9.17, 15) is 4.39 Å². The maximum absolute atomic E-state index is 13.3. The lowest BCUT2D eigenvalue weighted by Crippen LogP contribution is -2.18. The van der Waals surface area contributed by atoms with E-state index in [0.717, 1.165) is 22.3 Å². The number of hydrogen-bond donors (Lipinski definition) is 1. The van der Waals surface area contributed by atoms with E-state index in [1.807, 2.05) is 31.3 Å². The smallest absolute Gasteiger partial charge is 0.134 e. The van der Waals surface area contributed by atoms with Crippen molar-refractivity contribution in [2.75, 3.05) is 7.05 Å². The minimum Gasteiger partial charge on any atom is -0.459 e. The normalized spacial score (nSPS) is 12.7. The van der Waals surface area contributed by atoms with Crippen molar-refractivity contribution in [1.29, 1.82) is 0 Å². The van der Waals surface area contributed by atoms with Crippen molar-refractivity contribution in [1.82, 2.24) is 5.32 Å². The second kappa shape index (κ2) is 5.88. The third-order valence-corrected chi connectivity index (χ3v) is 3.75. The predicted molar refractivity (Wildman–Crippen MR) is 83.1 cm³/mol. The van der Waals surface area contributed by atoms with Crippen LogP contribution in [0, 0.1) is 5.82 Å². The Morgan fingerprint density at radius 2 is 2.05 bits per heavy atom. The molecule has 0 saturated heterocycles. The van der Waals surface area contributed by atoms with Gasteiger partial charge in [-0.1, -0.05) is 23.7 Å². The van der Waals surface area contributed by atoms with Crippen LogP contribution in [0.4, 0.5) is 4.39 Å². The second-order valence-electron chi connectivity index (χ2n) is 5.01. The van der Waals surface area contributed by atoms with Crippen LogP contribution in [0.15, 0.2) is 52.9 Å². The summed E-state index contributed by atoms with van der Waals surface area (Å²) in [6, 6.07) is 14.1. The van der Waals surface area contributed by atoms with Crippen LogP contribution < -0.4 is 5.32 Å². The van der Waals surface area contributed by atoms with Crippen LogP contribution in [-0.2, 0) is 6.42 Å². The van der Waals surface area contributed by atoms with E-state index in [2.05, 4.69) is 5.32 Å². The van der Waals surface area contributed by atoms with E-state index >= 15 is 0 Å². The third kappa shape index (κ3) is 3.09. The lowest BCUT2D eigenvalue weighted by Gasteiger charge is -2.13. The molecular weight excluding hydrogens is 289 g/mol. The van der Waals surface area contributed by atoms with Crippen molar-refractivity contribution in [3.8, 4) is 0 Å². The van der Waals surface area contributed by atoms with Crippen LogP contribution in [-0.4, -0.2) is 7.05 Å². The number of nitrogens with one attached hydrogen (secondary N) is 1. The minimum atomic E-state index is -0.223. The highest BCUT2D eigenvalue weighted by atomic mass is 35.5. The Morgan fingerprint density at radius 1 is 1.19 bits per heavy atom. The molecule has 4 heteroatoms. The van der Waals surface area contributed by atoms with Crippen LogP contribution in [0.5, 0.6) is 0 Å². The average Bonchev–Trinajstić information content (AvgIpc) is 2.87. The molecule has 1 N–H and O–H groups in total. The zero-order valence-corrected chi connectivity index (χ0v) is 12.3. The maximum Gasteiger partial charge on any atom is 0.134 e. The van der Waals surface area contributed by atoms with Crippen LogP contribution in [0.2, 0.25) is 5.02 Å². The molecule has 21 heavy (non-hydrogen) atoms. The Morgan fingerprint density at radius 3 is 2.81 bits per heavy atom. The molecule has 3 rings (SSSR count). The zero-order valence-electron chi connectivity index (χ0n) is 11.6. The van der Waals surface area contributed by atoms with Gasteiger partial charge in [0, 0.05) is 10.4 Å². The number of fused-ring (bicyclic) bond motifs is 1. The van der Waals surface area contributed by atoms with Crippen LogP contribution >= 0.6 is 11.6 Å². The van der Waals surface area contributed by atoms with Gasteiger partial charge in [-0.25, -0.2) is 4.39 Å². The summed E-state index contributed by atoms with van der Waals surface area (Å²) in [6.07, 6.45) is 0.655. The van der Waals surface area contributed by atoms with Crippen molar-refractivity contribution < 1.29 is 8.81 Å². The Hall–Kier alpha value is -1.84. The van der Waals surface area contributed by atoms with Gasteiger partial charge in [-0.05, 0) is 55.4 Å². The Balaban J connectivity index is 1.90. The second-order valence-corrected chi connectivity index (χ2v) is 5.44. The molecule has 0 aliphatic rings. The van der Waals surface area contributed by atoms with Gasteiger partial charge < -0.3 is 9.73 Å². The Bertz CT molecular complexity index is 768. The van der Waals surface area contributed by atoms with Gasteiger partial charge in [0.05, 0.1) is 6.04 Å². The number of rotatable bonds is 4. The topological polar surface area (TPSA) is 25.2 Å². The SMILES string of the molecule is CNC(Cc1cccc(F)c1)c1cc2cc(Cl)ccc2o1. The fraction of sp³-hybridized carbons (Fsp3) is 0.176. The van der Waals surface area contributed by atoms with Crippen molar-refractivity contribution in [2.24, 2.45) is 0 Å². The van der Waals surface area contributed by atoms with Crippen LogP contribution in [0.25, 0.3) is 11.0 Å². The molecule has 1 atom stereocenters. The number of benzene rings is 2. The van der Waals surface area contributed by atoms with Crippen molar-refractivity contribution in [3.05, 3.63) is 70.7 Å². The molecule has 0 radical (unpaired) electrons. The molecule has 0 saturated carbocycles. The number of hydrogen-bond acceptors (Lipinski definition) is 2. The highest BCUT2D eigenvalue weighted by Crippen LogP contribution is 2.28. The molecule has 0 aliphatic carbocycles. The third-order valence-electron chi connectivity index (χ3n) is 3.52. The fourth-order valence-electron chi connectivity index (χ4n) is 2.45. The van der Waals surface area contributed by atoms with Crippen molar-refractivity contribution in [3.63, 3.8) is 0 Å². The molecule has 0 bridgehead atoms. The molecule has 0 fully saturated rings. The summed E-state index contributed by atoms with van der Waals surface area (Å²) in [6.45, 7) is 0. The van der Waals surface area contributed by atoms with Crippen LogP contribution in [0.1, 0.15) is 17.4 Å². The van der Waals surface area contributed by atoms with Gasteiger partial charge in [0.1, 0.15) is 17.2 Å². The fourth-order valence-corrected chi connectivity index (χ4v) is 2.63. The van der Waals surface area contributed by atoms with Gasteiger partial charge in [-0.2, -0.15) is 0 Å². The first kappa shape index (κ1) is 14.1. The quantitative estimate of drug-likeness (QED) is 0.754. The molecule has 1 aromatic heterocycles. The van der Waals surface area contributed by atoms with Crippen molar-refractivity contribution >= 4 is 22.6 Å². The number of furan rings is 1. The molecule has 0 amide bonds. The average molecular weight is 304 g/mol. The van der Waals surface area contributed by atoms with E-state index < -0.39 is 0 Å². The largest absolute Gasteiger partial charge is 0.459 e. The summed E-state index contributed by atoms with van der Waals surface area (Å²) in [4.78, 5) is 0. The van der Waals surface area contributed by atoms with E-state index in [1.165, 1.54) is 6.07 Å². The summed E-state index contributed by atoms with van der Waals surface area (Å²) in [5.41, 5.74) is 1.72. The summed E-state index contributed by atoms with van der Waals surface area (Å²) >= 11 is 5.99. The van der Waals surface area contributed by atoms with Crippen molar-refractivity contribution in [2.45, 2.75) is 12.5 Å². The molecule has 0 aliphatic heterocycles. The first-order valence-corrected chi connectivity index (χ1v) is 7.14. The molecule has 2 nitrogen and oxygen atoms in total. The van der Waals surface area contributed by atoms with E-state index in [1.54, 1.807) is 18.2 Å². The summed E-state index contributed by atoms with van der Waals surface area (Å²) < 4.78 is 19.1. The highest BCUT2D eigenvalue weighted by molar-refractivity contribution is 6.31. The summed E-state index contributed by atoms with van der Waals surface area (Å²) in [5, 5.41) is 4.86. The molecule has 1 heterocycles. The van der Waals surface area contributed by atoms with Gasteiger partial charge in [-0.3, -0.25) is 0 Å². The molecular formula is C17H15ClFNO. The number of likely N-dealkylation sites (N-methyl/N-ethyl adjacent to an activating group) is 1. The highest BCUT2D eigenvalue weighted by Gasteiger charge is 2.15. The first-order valence-electron chi connectivity index (χ1n) is 6.76.